The highest BCUT2D eigenvalue weighted by Crippen LogP contribution is 2.23. The van der Waals surface area contributed by atoms with Crippen molar-refractivity contribution in [2.75, 3.05) is 0 Å². The van der Waals surface area contributed by atoms with Crippen molar-refractivity contribution in [3.63, 3.8) is 0 Å². The van der Waals surface area contributed by atoms with Crippen LogP contribution in [0, 0.1) is 0 Å². The lowest BCUT2D eigenvalue weighted by molar-refractivity contribution is 0.482. The Labute approximate surface area is 133 Å². The van der Waals surface area contributed by atoms with Gasteiger partial charge in [0, 0.05) is 36.2 Å². The van der Waals surface area contributed by atoms with Crippen molar-refractivity contribution >= 4 is 0 Å². The number of nitrogens with zero attached hydrogens (tertiary/aromatic N) is 4. The molecule has 0 radical (unpaired) electrons. The largest absolute Gasteiger partial charge is 0.457 e. The molecule has 0 aliphatic carbocycles. The van der Waals surface area contributed by atoms with Crippen LogP contribution in [0.3, 0.4) is 0 Å². The molecule has 0 aliphatic rings. The first kappa shape index (κ1) is 13.3. The Morgan fingerprint density at radius 2 is 1.04 bits per heavy atom. The molecule has 5 heteroatoms. The highest BCUT2D eigenvalue weighted by atomic mass is 16.5. The van der Waals surface area contributed by atoms with Crippen LogP contribution >= 0.6 is 0 Å². The number of hydrogen-bond donors (Lipinski definition) is 0. The Balaban J connectivity index is 1.49. The average Bonchev–Trinajstić information content (AvgIpc) is 3.30. The first-order valence-electron chi connectivity index (χ1n) is 7.23. The number of rotatable bonds is 4. The van der Waals surface area contributed by atoms with Crippen LogP contribution in [-0.2, 0) is 0 Å². The molecule has 0 unspecified atom stereocenters. The predicted octanol–water partition coefficient (Wildman–Crippen LogP) is 3.85. The summed E-state index contributed by atoms with van der Waals surface area (Å²) in [5.74, 6) is 1.59. The molecule has 4 aromatic rings. The quantitative estimate of drug-likeness (QED) is 0.575. The summed E-state index contributed by atoms with van der Waals surface area (Å²) < 4.78 is 9.77. The van der Waals surface area contributed by atoms with E-state index in [-0.39, 0.29) is 0 Å². The van der Waals surface area contributed by atoms with Gasteiger partial charge in [0.25, 0.3) is 0 Å². The van der Waals surface area contributed by atoms with Crippen LogP contribution in [0.1, 0.15) is 0 Å². The normalized spacial score (nSPS) is 10.6. The number of aromatic nitrogens is 4. The highest BCUT2D eigenvalue weighted by Gasteiger charge is 2.01. The van der Waals surface area contributed by atoms with E-state index in [9.17, 15) is 0 Å². The molecule has 0 aliphatic heterocycles. The maximum Gasteiger partial charge on any atom is 0.127 e. The molecule has 0 saturated carbocycles. The number of benzene rings is 2. The van der Waals surface area contributed by atoms with Crippen LogP contribution in [0.25, 0.3) is 11.4 Å². The first-order valence-corrected chi connectivity index (χ1v) is 7.23. The third-order valence-corrected chi connectivity index (χ3v) is 3.51. The molecule has 0 spiro atoms. The standard InChI is InChI=1S/C18H14N4O/c1-5-17(6-2-15(1)21-11-9-19-13-21)23-18-7-3-16(4-8-18)22-12-10-20-14-22/h1-14H. The summed E-state index contributed by atoms with van der Waals surface area (Å²) in [6.07, 6.45) is 10.9. The van der Waals surface area contributed by atoms with E-state index in [2.05, 4.69) is 9.97 Å². The van der Waals surface area contributed by atoms with Crippen LogP contribution < -0.4 is 4.74 Å². The SMILES string of the molecule is c1cn(-c2ccc(Oc3ccc(-n4ccnc4)cc3)cc2)cn1. The van der Waals surface area contributed by atoms with E-state index >= 15 is 0 Å². The van der Waals surface area contributed by atoms with E-state index in [4.69, 9.17) is 4.74 Å². The summed E-state index contributed by atoms with van der Waals surface area (Å²) in [5, 5.41) is 0. The van der Waals surface area contributed by atoms with Gasteiger partial charge in [-0.2, -0.15) is 0 Å². The summed E-state index contributed by atoms with van der Waals surface area (Å²) in [7, 11) is 0. The van der Waals surface area contributed by atoms with Crippen molar-refractivity contribution in [1.29, 1.82) is 0 Å². The third kappa shape index (κ3) is 2.85. The van der Waals surface area contributed by atoms with E-state index in [1.807, 2.05) is 70.1 Å². The van der Waals surface area contributed by atoms with Gasteiger partial charge in [0.05, 0.1) is 12.7 Å². The molecule has 2 aromatic heterocycles. The molecule has 0 fully saturated rings. The van der Waals surface area contributed by atoms with Crippen LogP contribution in [0.15, 0.2) is 86.0 Å². The Morgan fingerprint density at radius 3 is 1.39 bits per heavy atom. The van der Waals surface area contributed by atoms with E-state index < -0.39 is 0 Å². The van der Waals surface area contributed by atoms with Gasteiger partial charge in [0.2, 0.25) is 0 Å². The summed E-state index contributed by atoms with van der Waals surface area (Å²) in [5.41, 5.74) is 2.09. The minimum atomic E-state index is 0.796. The van der Waals surface area contributed by atoms with Gasteiger partial charge in [-0.3, -0.25) is 0 Å². The van der Waals surface area contributed by atoms with Gasteiger partial charge in [-0.15, -0.1) is 0 Å². The molecule has 0 N–H and O–H groups in total. The minimum Gasteiger partial charge on any atom is -0.457 e. The number of imidazole rings is 2. The maximum atomic E-state index is 5.87. The second-order valence-corrected chi connectivity index (χ2v) is 5.03. The monoisotopic (exact) mass is 302 g/mol. The Hall–Kier alpha value is -3.34. The van der Waals surface area contributed by atoms with Crippen LogP contribution in [0.5, 0.6) is 11.5 Å². The van der Waals surface area contributed by atoms with Gasteiger partial charge in [-0.1, -0.05) is 0 Å². The van der Waals surface area contributed by atoms with E-state index in [0.29, 0.717) is 0 Å². The van der Waals surface area contributed by atoms with Gasteiger partial charge in [-0.25, -0.2) is 9.97 Å². The minimum absolute atomic E-state index is 0.796. The van der Waals surface area contributed by atoms with Crippen molar-refractivity contribution in [2.24, 2.45) is 0 Å². The molecule has 23 heavy (non-hydrogen) atoms. The van der Waals surface area contributed by atoms with E-state index in [0.717, 1.165) is 22.9 Å². The third-order valence-electron chi connectivity index (χ3n) is 3.51. The highest BCUT2D eigenvalue weighted by molar-refractivity contribution is 5.42. The molecule has 2 heterocycles. The lowest BCUT2D eigenvalue weighted by Crippen LogP contribution is -1.91. The number of ether oxygens (including phenoxy) is 1. The molecule has 5 nitrogen and oxygen atoms in total. The van der Waals surface area contributed by atoms with Crippen molar-refractivity contribution in [1.82, 2.24) is 19.1 Å². The second-order valence-electron chi connectivity index (χ2n) is 5.03. The fourth-order valence-corrected chi connectivity index (χ4v) is 2.33. The predicted molar refractivity (Wildman–Crippen MR) is 87.2 cm³/mol. The molecule has 0 saturated heterocycles. The van der Waals surface area contributed by atoms with Crippen molar-refractivity contribution in [3.05, 3.63) is 86.0 Å². The van der Waals surface area contributed by atoms with Crippen molar-refractivity contribution in [3.8, 4) is 22.9 Å². The molecular formula is C18H14N4O. The summed E-state index contributed by atoms with van der Waals surface area (Å²) in [4.78, 5) is 8.09. The molecule has 0 bridgehead atoms. The van der Waals surface area contributed by atoms with Gasteiger partial charge in [0.15, 0.2) is 0 Å². The maximum absolute atomic E-state index is 5.87. The first-order chi connectivity index (χ1) is 11.4. The molecule has 112 valence electrons. The fraction of sp³-hybridized carbons (Fsp3) is 0. The van der Waals surface area contributed by atoms with E-state index in [1.165, 1.54) is 0 Å². The zero-order valence-electron chi connectivity index (χ0n) is 12.3. The second kappa shape index (κ2) is 5.81. The summed E-state index contributed by atoms with van der Waals surface area (Å²) in [6, 6.07) is 15.8. The van der Waals surface area contributed by atoms with Crippen molar-refractivity contribution < 1.29 is 4.74 Å². The summed E-state index contributed by atoms with van der Waals surface area (Å²) in [6.45, 7) is 0. The molecule has 0 amide bonds. The average molecular weight is 302 g/mol. The van der Waals surface area contributed by atoms with Crippen LogP contribution in [0.2, 0.25) is 0 Å². The summed E-state index contributed by atoms with van der Waals surface area (Å²) >= 11 is 0. The van der Waals surface area contributed by atoms with Gasteiger partial charge < -0.3 is 13.9 Å². The van der Waals surface area contributed by atoms with E-state index in [1.54, 1.807) is 25.0 Å². The lowest BCUT2D eigenvalue weighted by Gasteiger charge is -2.08. The topological polar surface area (TPSA) is 44.9 Å². The van der Waals surface area contributed by atoms with Crippen molar-refractivity contribution in [2.45, 2.75) is 0 Å². The smallest absolute Gasteiger partial charge is 0.127 e. The fourth-order valence-electron chi connectivity index (χ4n) is 2.33. The Bertz CT molecular complexity index is 788. The number of hydrogen-bond acceptors (Lipinski definition) is 3. The zero-order chi connectivity index (χ0) is 15.5. The Kier molecular flexibility index (Phi) is 3.37. The zero-order valence-corrected chi connectivity index (χ0v) is 12.3. The molecule has 2 aromatic carbocycles. The molecule has 0 atom stereocenters. The van der Waals surface area contributed by atoms with Gasteiger partial charge in [-0.05, 0) is 48.5 Å². The van der Waals surface area contributed by atoms with Crippen LogP contribution in [-0.4, -0.2) is 19.1 Å². The molecular weight excluding hydrogens is 288 g/mol. The van der Waals surface area contributed by atoms with Gasteiger partial charge >= 0.3 is 0 Å². The van der Waals surface area contributed by atoms with Gasteiger partial charge in [0.1, 0.15) is 11.5 Å². The lowest BCUT2D eigenvalue weighted by atomic mass is 10.3. The van der Waals surface area contributed by atoms with Crippen LogP contribution in [0.4, 0.5) is 0 Å². The molecule has 4 rings (SSSR count). The Morgan fingerprint density at radius 1 is 0.609 bits per heavy atom.